The van der Waals surface area contributed by atoms with E-state index in [1.165, 1.54) is 43.2 Å². The number of pyridine rings is 2. The Morgan fingerprint density at radius 2 is 1.12 bits per heavy atom. The maximum atomic E-state index is 9.20. The van der Waals surface area contributed by atoms with E-state index in [9.17, 15) is 2.74 Å². The Morgan fingerprint density at radius 3 is 1.86 bits per heavy atom. The Kier molecular flexibility index (Phi) is 8.34. The van der Waals surface area contributed by atoms with Gasteiger partial charge in [0.1, 0.15) is 0 Å². The Morgan fingerprint density at radius 1 is 0.490 bits per heavy atom. The van der Waals surface area contributed by atoms with Crippen LogP contribution in [-0.4, -0.2) is 9.97 Å². The summed E-state index contributed by atoms with van der Waals surface area (Å²) in [5, 5.41) is 0. The van der Waals surface area contributed by atoms with Crippen molar-refractivity contribution in [1.82, 2.24) is 9.97 Å². The predicted molar refractivity (Wildman–Crippen MR) is 214 cm³/mol. The van der Waals surface area contributed by atoms with Gasteiger partial charge in [0.15, 0.2) is 0 Å². The van der Waals surface area contributed by atoms with Crippen LogP contribution in [0.5, 0.6) is 0 Å². The second kappa shape index (κ2) is 15.1. The molecule has 2 nitrogen and oxygen atoms in total. The molecule has 7 aromatic rings. The third-order valence-corrected chi connectivity index (χ3v) is 10.1. The number of nitrogens with zero attached hydrogens (tertiary/aromatic N) is 2. The van der Waals surface area contributed by atoms with Gasteiger partial charge in [-0.1, -0.05) is 146 Å². The van der Waals surface area contributed by atoms with Gasteiger partial charge in [0.25, 0.3) is 0 Å². The van der Waals surface area contributed by atoms with E-state index in [1.54, 1.807) is 42.6 Å². The molecule has 2 heteroatoms. The largest absolute Gasteiger partial charge is 0.256 e. The number of benzene rings is 5. The number of hydrogen-bond acceptors (Lipinski definition) is 2. The van der Waals surface area contributed by atoms with Gasteiger partial charge in [-0.25, -0.2) is 0 Å². The molecule has 8 rings (SSSR count). The summed E-state index contributed by atoms with van der Waals surface area (Å²) in [5.41, 5.74) is 12.6. The third-order valence-electron chi connectivity index (χ3n) is 10.1. The molecule has 0 N–H and O–H groups in total. The van der Waals surface area contributed by atoms with Crippen molar-refractivity contribution >= 4 is 0 Å². The highest BCUT2D eigenvalue weighted by atomic mass is 14.7. The average molecular weight is 665 g/mol. The first-order valence-corrected chi connectivity index (χ1v) is 18.1. The van der Waals surface area contributed by atoms with E-state index >= 15 is 0 Å². The first-order valence-electron chi connectivity index (χ1n) is 20.1. The van der Waals surface area contributed by atoms with Crippen molar-refractivity contribution in [2.45, 2.75) is 57.7 Å². The summed E-state index contributed by atoms with van der Waals surface area (Å²) in [4.78, 5) is 9.12. The summed E-state index contributed by atoms with van der Waals surface area (Å²) in [7, 11) is 0. The summed E-state index contributed by atoms with van der Waals surface area (Å²) >= 11 is 0. The van der Waals surface area contributed by atoms with Gasteiger partial charge < -0.3 is 0 Å². The molecule has 0 spiro atoms. The first-order chi connectivity index (χ1) is 26.7. The SMILES string of the molecule is [2H]C([2H])(c1ccc(-c2ccccn2)cc1)C([2H])([2H])c1cc(C)cc(-c2ccccc2-c2ccc(-c3cc(-c4ccc(C5CCCCC5)cc4)ccn3)cc2)c1. The molecule has 51 heavy (non-hydrogen) atoms. The average Bonchev–Trinajstić information content (AvgIpc) is 3.24. The smallest absolute Gasteiger partial charge is 0.0708 e. The van der Waals surface area contributed by atoms with Crippen LogP contribution in [0.4, 0.5) is 0 Å². The molecule has 1 aliphatic rings. The summed E-state index contributed by atoms with van der Waals surface area (Å²) in [6.45, 7) is 1.93. The summed E-state index contributed by atoms with van der Waals surface area (Å²) in [5.74, 6) is 0.690. The summed E-state index contributed by atoms with van der Waals surface area (Å²) in [6.07, 6.45) is 5.60. The predicted octanol–water partition coefficient (Wildman–Crippen LogP) is 13.0. The van der Waals surface area contributed by atoms with E-state index in [1.807, 2.05) is 55.6 Å². The lowest BCUT2D eigenvalue weighted by Gasteiger charge is -2.22. The lowest BCUT2D eigenvalue weighted by molar-refractivity contribution is 0.443. The molecular weight excluding hydrogens is 617 g/mol. The second-order valence-corrected chi connectivity index (χ2v) is 13.6. The van der Waals surface area contributed by atoms with Crippen LogP contribution in [0.2, 0.25) is 0 Å². The normalized spacial score (nSPS) is 15.0. The second-order valence-electron chi connectivity index (χ2n) is 13.6. The molecule has 1 fully saturated rings. The maximum absolute atomic E-state index is 9.20. The zero-order valence-electron chi connectivity index (χ0n) is 33.0. The van der Waals surface area contributed by atoms with Gasteiger partial charge >= 0.3 is 0 Å². The fraction of sp³-hybridized carbons (Fsp3) is 0.184. The molecule has 0 unspecified atom stereocenters. The highest BCUT2D eigenvalue weighted by Gasteiger charge is 2.16. The zero-order valence-corrected chi connectivity index (χ0v) is 29.0. The Bertz CT molecular complexity index is 2400. The van der Waals surface area contributed by atoms with E-state index in [0.29, 0.717) is 11.5 Å². The molecule has 2 heterocycles. The van der Waals surface area contributed by atoms with E-state index in [-0.39, 0.29) is 5.56 Å². The van der Waals surface area contributed by atoms with Crippen LogP contribution in [-0.2, 0) is 12.7 Å². The van der Waals surface area contributed by atoms with E-state index in [4.69, 9.17) is 7.73 Å². The van der Waals surface area contributed by atoms with Crippen LogP contribution < -0.4 is 0 Å². The highest BCUT2D eigenvalue weighted by Crippen LogP contribution is 2.36. The van der Waals surface area contributed by atoms with Crippen LogP contribution in [0.3, 0.4) is 0 Å². The molecule has 0 radical (unpaired) electrons. The van der Waals surface area contributed by atoms with Gasteiger partial charge in [-0.05, 0) is 113 Å². The molecule has 0 atom stereocenters. The van der Waals surface area contributed by atoms with Crippen molar-refractivity contribution in [3.05, 3.63) is 180 Å². The maximum Gasteiger partial charge on any atom is 0.0708 e. The minimum Gasteiger partial charge on any atom is -0.256 e. The number of hydrogen-bond donors (Lipinski definition) is 0. The fourth-order valence-electron chi connectivity index (χ4n) is 7.37. The molecule has 0 aliphatic heterocycles. The van der Waals surface area contributed by atoms with Crippen molar-refractivity contribution in [1.29, 1.82) is 0 Å². The number of rotatable bonds is 9. The van der Waals surface area contributed by atoms with Gasteiger partial charge in [0.05, 0.1) is 11.4 Å². The molecule has 2 aromatic heterocycles. The molecular formula is C49H44N2. The van der Waals surface area contributed by atoms with E-state index in [2.05, 4.69) is 71.7 Å². The minimum absolute atomic E-state index is 0.272. The van der Waals surface area contributed by atoms with Gasteiger partial charge in [-0.3, -0.25) is 9.97 Å². The molecule has 250 valence electrons. The van der Waals surface area contributed by atoms with Crippen LogP contribution in [0, 0.1) is 6.92 Å². The Hall–Kier alpha value is -5.60. The van der Waals surface area contributed by atoms with Gasteiger partial charge in [-0.2, -0.15) is 0 Å². The molecule has 0 amide bonds. The molecule has 1 aliphatic carbocycles. The lowest BCUT2D eigenvalue weighted by Crippen LogP contribution is -2.04. The monoisotopic (exact) mass is 664 g/mol. The minimum atomic E-state index is -2.32. The van der Waals surface area contributed by atoms with Crippen molar-refractivity contribution in [2.75, 3.05) is 0 Å². The van der Waals surface area contributed by atoms with E-state index < -0.39 is 12.7 Å². The standard InChI is InChI=1S/C49H44N2/c1-35-31-37(15-14-36-16-18-42(19-17-36)48-13-7-8-29-50-48)33-45(32-35)47-12-6-5-11-46(47)41-24-26-43(27-25-41)49-34-44(28-30-51-49)40-22-20-39(21-23-40)38-9-3-2-4-10-38/h5-8,11-13,16-34,38H,2-4,9-10,14-15H2,1H3/i14D2,15D2. The molecule has 0 bridgehead atoms. The fourth-order valence-corrected chi connectivity index (χ4v) is 7.37. The van der Waals surface area contributed by atoms with Crippen molar-refractivity contribution in [2.24, 2.45) is 0 Å². The molecule has 1 saturated carbocycles. The molecule has 0 saturated heterocycles. The van der Waals surface area contributed by atoms with Crippen LogP contribution in [0.15, 0.2) is 158 Å². The summed E-state index contributed by atoms with van der Waals surface area (Å²) < 4.78 is 36.6. The summed E-state index contributed by atoms with van der Waals surface area (Å²) in [6, 6.07) is 48.1. The van der Waals surface area contributed by atoms with Gasteiger partial charge in [0, 0.05) is 29.0 Å². The van der Waals surface area contributed by atoms with Crippen LogP contribution in [0.25, 0.3) is 55.9 Å². The zero-order chi connectivity index (χ0) is 38.0. The quantitative estimate of drug-likeness (QED) is 0.153. The van der Waals surface area contributed by atoms with E-state index in [0.717, 1.165) is 55.9 Å². The third kappa shape index (κ3) is 7.61. The van der Waals surface area contributed by atoms with Gasteiger partial charge in [0.2, 0.25) is 0 Å². The van der Waals surface area contributed by atoms with Crippen molar-refractivity contribution in [3.8, 4) is 55.9 Å². The molecule has 5 aromatic carbocycles. The lowest BCUT2D eigenvalue weighted by atomic mass is 9.84. The van der Waals surface area contributed by atoms with Crippen LogP contribution in [0.1, 0.15) is 65.8 Å². The Labute approximate surface area is 308 Å². The highest BCUT2D eigenvalue weighted by molar-refractivity contribution is 5.85. The topological polar surface area (TPSA) is 25.8 Å². The van der Waals surface area contributed by atoms with Crippen molar-refractivity contribution < 1.29 is 5.48 Å². The number of aryl methyl sites for hydroxylation is 3. The van der Waals surface area contributed by atoms with Crippen LogP contribution >= 0.6 is 0 Å². The van der Waals surface area contributed by atoms with Gasteiger partial charge in [-0.15, -0.1) is 0 Å². The Balaban J connectivity index is 1.05. The number of aromatic nitrogens is 2. The van der Waals surface area contributed by atoms with Crippen molar-refractivity contribution in [3.63, 3.8) is 0 Å². The first kappa shape index (κ1) is 28.1.